The number of aliphatic hydroxyl groups excluding tert-OH is 1. The fraction of sp³-hybridized carbons (Fsp3) is 0.538. The number of β-amino-alcohol motifs (C(OH)–C–C–N with tert-alkyl or cyclic N) is 1. The zero-order chi connectivity index (χ0) is 11.4. The normalized spacial score (nSPS) is 20.9. The quantitative estimate of drug-likeness (QED) is 0.889. The highest BCUT2D eigenvalue weighted by Crippen LogP contribution is 2.17. The van der Waals surface area contributed by atoms with Gasteiger partial charge in [0.05, 0.1) is 6.10 Å². The van der Waals surface area contributed by atoms with E-state index in [1.165, 1.54) is 5.56 Å². The maximum Gasteiger partial charge on any atom is 0.0679 e. The van der Waals surface area contributed by atoms with Gasteiger partial charge in [0.25, 0.3) is 0 Å². The second kappa shape index (κ2) is 8.73. The standard InChI is InChI=1S/C13H20N2O.2ClH/c1-14-13(11-5-3-2-4-6-11)10-15-8-7-12(16)9-15;;/h2-6,12-14,16H,7-10H2,1H3;2*1H/t12?,13-;;/m1../s1. The van der Waals surface area contributed by atoms with Gasteiger partial charge in [-0.3, -0.25) is 4.90 Å². The maximum atomic E-state index is 9.49. The number of nitrogens with zero attached hydrogens (tertiary/aromatic N) is 1. The van der Waals surface area contributed by atoms with Crippen molar-refractivity contribution in [3.8, 4) is 0 Å². The number of hydrogen-bond donors (Lipinski definition) is 2. The van der Waals surface area contributed by atoms with Gasteiger partial charge in [-0.25, -0.2) is 0 Å². The highest BCUT2D eigenvalue weighted by atomic mass is 35.5. The van der Waals surface area contributed by atoms with E-state index in [9.17, 15) is 5.11 Å². The summed E-state index contributed by atoms with van der Waals surface area (Å²) in [5.74, 6) is 0. The van der Waals surface area contributed by atoms with Crippen LogP contribution in [0.15, 0.2) is 30.3 Å². The van der Waals surface area contributed by atoms with Gasteiger partial charge in [0.15, 0.2) is 0 Å². The first-order valence-electron chi connectivity index (χ1n) is 5.92. The Morgan fingerprint density at radius 3 is 2.50 bits per heavy atom. The Kier molecular flexibility index (Phi) is 8.57. The zero-order valence-electron chi connectivity index (χ0n) is 10.6. The lowest BCUT2D eigenvalue weighted by molar-refractivity contribution is 0.173. The van der Waals surface area contributed by atoms with E-state index in [1.807, 2.05) is 13.1 Å². The van der Waals surface area contributed by atoms with E-state index in [4.69, 9.17) is 0 Å². The van der Waals surface area contributed by atoms with Crippen LogP contribution in [0.2, 0.25) is 0 Å². The Balaban J connectivity index is 0.00000144. The molecule has 2 rings (SSSR count). The van der Waals surface area contributed by atoms with Crippen LogP contribution in [-0.2, 0) is 0 Å². The van der Waals surface area contributed by atoms with Crippen molar-refractivity contribution in [2.75, 3.05) is 26.7 Å². The van der Waals surface area contributed by atoms with Crippen LogP contribution >= 0.6 is 24.8 Å². The number of aliphatic hydroxyl groups is 1. The van der Waals surface area contributed by atoms with Crippen molar-refractivity contribution in [2.24, 2.45) is 0 Å². The third-order valence-corrected chi connectivity index (χ3v) is 3.24. The molecule has 1 fully saturated rings. The zero-order valence-corrected chi connectivity index (χ0v) is 12.2. The summed E-state index contributed by atoms with van der Waals surface area (Å²) < 4.78 is 0. The second-order valence-corrected chi connectivity index (χ2v) is 4.45. The van der Waals surface area contributed by atoms with Crippen LogP contribution in [-0.4, -0.2) is 42.8 Å². The van der Waals surface area contributed by atoms with E-state index < -0.39 is 0 Å². The molecule has 2 atom stereocenters. The van der Waals surface area contributed by atoms with E-state index in [-0.39, 0.29) is 30.9 Å². The molecule has 2 N–H and O–H groups in total. The molecule has 1 heterocycles. The monoisotopic (exact) mass is 292 g/mol. The van der Waals surface area contributed by atoms with Crippen molar-refractivity contribution in [1.29, 1.82) is 0 Å². The molecule has 0 spiro atoms. The first kappa shape index (κ1) is 17.7. The number of benzene rings is 1. The fourth-order valence-electron chi connectivity index (χ4n) is 2.28. The van der Waals surface area contributed by atoms with Crippen LogP contribution in [0.5, 0.6) is 0 Å². The van der Waals surface area contributed by atoms with Crippen molar-refractivity contribution in [3.63, 3.8) is 0 Å². The van der Waals surface area contributed by atoms with E-state index in [0.717, 1.165) is 26.1 Å². The molecule has 0 aliphatic carbocycles. The maximum absolute atomic E-state index is 9.49. The summed E-state index contributed by atoms with van der Waals surface area (Å²) in [6, 6.07) is 10.8. The van der Waals surface area contributed by atoms with E-state index in [1.54, 1.807) is 0 Å². The highest BCUT2D eigenvalue weighted by Gasteiger charge is 2.22. The number of likely N-dealkylation sites (N-methyl/N-ethyl adjacent to an activating group) is 1. The van der Waals surface area contributed by atoms with Crippen molar-refractivity contribution in [2.45, 2.75) is 18.6 Å². The van der Waals surface area contributed by atoms with Gasteiger partial charge in [0.1, 0.15) is 0 Å². The molecule has 1 unspecified atom stereocenters. The number of halogens is 2. The van der Waals surface area contributed by atoms with Crippen molar-refractivity contribution < 1.29 is 5.11 Å². The van der Waals surface area contributed by atoms with Gasteiger partial charge < -0.3 is 10.4 Å². The van der Waals surface area contributed by atoms with Gasteiger partial charge in [-0.05, 0) is 19.0 Å². The Morgan fingerprint density at radius 2 is 2.00 bits per heavy atom. The van der Waals surface area contributed by atoms with Crippen LogP contribution in [0.25, 0.3) is 0 Å². The van der Waals surface area contributed by atoms with Crippen molar-refractivity contribution in [3.05, 3.63) is 35.9 Å². The van der Waals surface area contributed by atoms with Crippen LogP contribution in [0.4, 0.5) is 0 Å². The molecule has 0 aromatic heterocycles. The van der Waals surface area contributed by atoms with E-state index in [2.05, 4.69) is 34.5 Å². The Hall–Kier alpha value is -0.320. The second-order valence-electron chi connectivity index (χ2n) is 4.45. The molecule has 1 aromatic carbocycles. The summed E-state index contributed by atoms with van der Waals surface area (Å²) in [6.07, 6.45) is 0.777. The molecular weight excluding hydrogens is 271 g/mol. The Morgan fingerprint density at radius 1 is 1.33 bits per heavy atom. The summed E-state index contributed by atoms with van der Waals surface area (Å²) in [5.41, 5.74) is 1.31. The molecule has 1 aliphatic rings. The van der Waals surface area contributed by atoms with Gasteiger partial charge in [-0.1, -0.05) is 30.3 Å². The molecule has 1 aromatic rings. The van der Waals surface area contributed by atoms with Crippen LogP contribution < -0.4 is 5.32 Å². The largest absolute Gasteiger partial charge is 0.392 e. The van der Waals surface area contributed by atoms with Gasteiger partial charge in [0, 0.05) is 25.7 Å². The number of rotatable bonds is 4. The van der Waals surface area contributed by atoms with E-state index in [0.29, 0.717) is 6.04 Å². The van der Waals surface area contributed by atoms with Gasteiger partial charge in [-0.2, -0.15) is 0 Å². The first-order valence-corrected chi connectivity index (χ1v) is 5.92. The smallest absolute Gasteiger partial charge is 0.0679 e. The van der Waals surface area contributed by atoms with Gasteiger partial charge in [0.2, 0.25) is 0 Å². The minimum atomic E-state index is -0.131. The highest BCUT2D eigenvalue weighted by molar-refractivity contribution is 5.85. The number of likely N-dealkylation sites (tertiary alicyclic amines) is 1. The SMILES string of the molecule is CN[C@H](CN1CCC(O)C1)c1ccccc1.Cl.Cl. The van der Waals surface area contributed by atoms with Crippen LogP contribution in [0, 0.1) is 0 Å². The Bertz CT molecular complexity index is 324. The van der Waals surface area contributed by atoms with Gasteiger partial charge >= 0.3 is 0 Å². The molecule has 104 valence electrons. The number of nitrogens with one attached hydrogen (secondary N) is 1. The molecule has 0 amide bonds. The summed E-state index contributed by atoms with van der Waals surface area (Å²) in [4.78, 5) is 2.32. The molecule has 3 nitrogen and oxygen atoms in total. The summed E-state index contributed by atoms with van der Waals surface area (Å²) >= 11 is 0. The average molecular weight is 293 g/mol. The molecule has 1 aliphatic heterocycles. The predicted octanol–water partition coefficient (Wildman–Crippen LogP) is 1.86. The minimum Gasteiger partial charge on any atom is -0.392 e. The summed E-state index contributed by atoms with van der Waals surface area (Å²) in [5, 5.41) is 12.8. The predicted molar refractivity (Wildman–Crippen MR) is 79.8 cm³/mol. The lowest BCUT2D eigenvalue weighted by Crippen LogP contribution is -2.32. The summed E-state index contributed by atoms with van der Waals surface area (Å²) in [7, 11) is 1.99. The molecule has 18 heavy (non-hydrogen) atoms. The lowest BCUT2D eigenvalue weighted by atomic mass is 10.1. The lowest BCUT2D eigenvalue weighted by Gasteiger charge is -2.23. The average Bonchev–Trinajstić information content (AvgIpc) is 2.73. The molecule has 1 saturated heterocycles. The topological polar surface area (TPSA) is 35.5 Å². The molecule has 0 saturated carbocycles. The van der Waals surface area contributed by atoms with Crippen LogP contribution in [0.1, 0.15) is 18.0 Å². The molecule has 0 radical (unpaired) electrons. The fourth-order valence-corrected chi connectivity index (χ4v) is 2.28. The molecular formula is C13H22Cl2N2O. The molecule has 0 bridgehead atoms. The van der Waals surface area contributed by atoms with E-state index >= 15 is 0 Å². The minimum absolute atomic E-state index is 0. The Labute approximate surface area is 121 Å². The third-order valence-electron chi connectivity index (χ3n) is 3.24. The van der Waals surface area contributed by atoms with Crippen molar-refractivity contribution >= 4 is 24.8 Å². The third kappa shape index (κ3) is 4.75. The number of hydrogen-bond acceptors (Lipinski definition) is 3. The first-order chi connectivity index (χ1) is 7.79. The van der Waals surface area contributed by atoms with Crippen LogP contribution in [0.3, 0.4) is 0 Å². The molecule has 5 heteroatoms. The van der Waals surface area contributed by atoms with Gasteiger partial charge in [-0.15, -0.1) is 24.8 Å². The van der Waals surface area contributed by atoms with Crippen molar-refractivity contribution in [1.82, 2.24) is 10.2 Å². The summed E-state index contributed by atoms with van der Waals surface area (Å²) in [6.45, 7) is 2.79.